The molecule has 0 aliphatic carbocycles. The summed E-state index contributed by atoms with van der Waals surface area (Å²) in [4.78, 5) is 24.5. The van der Waals surface area contributed by atoms with Crippen molar-refractivity contribution < 1.29 is 14.0 Å². The summed E-state index contributed by atoms with van der Waals surface area (Å²) in [5.74, 6) is -1.63. The monoisotopic (exact) mass is 364 g/mol. The Hall–Kier alpha value is -3.48. The van der Waals surface area contributed by atoms with E-state index >= 15 is 0 Å². The van der Waals surface area contributed by atoms with Gasteiger partial charge in [0.1, 0.15) is 5.82 Å². The predicted octanol–water partition coefficient (Wildman–Crippen LogP) is 2.75. The number of aromatic nitrogens is 2. The van der Waals surface area contributed by atoms with E-state index in [0.29, 0.717) is 17.8 Å². The van der Waals surface area contributed by atoms with E-state index in [1.807, 2.05) is 36.5 Å². The molecule has 0 bridgehead atoms. The average Bonchev–Trinajstić information content (AvgIpc) is 3.20. The third-order valence-corrected chi connectivity index (χ3v) is 4.54. The molecular weight excluding hydrogens is 347 g/mol. The van der Waals surface area contributed by atoms with Crippen molar-refractivity contribution in [3.8, 4) is 5.69 Å². The topological polar surface area (TPSA) is 76.0 Å². The number of nitrogens with one attached hydrogen (secondary N) is 2. The van der Waals surface area contributed by atoms with E-state index in [2.05, 4.69) is 15.7 Å². The van der Waals surface area contributed by atoms with Crippen molar-refractivity contribution >= 4 is 17.5 Å². The molecule has 0 radical (unpaired) electrons. The molecule has 0 fully saturated rings. The first-order valence-electron chi connectivity index (χ1n) is 8.56. The molecule has 2 amide bonds. The maximum absolute atomic E-state index is 13.4. The molecule has 3 aromatic rings. The molecule has 2 aromatic carbocycles. The van der Waals surface area contributed by atoms with Gasteiger partial charge in [0.2, 0.25) is 11.8 Å². The van der Waals surface area contributed by atoms with Crippen molar-refractivity contribution in [3.63, 3.8) is 0 Å². The summed E-state index contributed by atoms with van der Waals surface area (Å²) in [6, 6.07) is 13.6. The molecule has 0 saturated carbocycles. The zero-order valence-corrected chi connectivity index (χ0v) is 14.4. The molecule has 0 spiro atoms. The first-order valence-corrected chi connectivity index (χ1v) is 8.56. The minimum Gasteiger partial charge on any atom is -0.351 e. The van der Waals surface area contributed by atoms with Gasteiger partial charge in [-0.1, -0.05) is 18.2 Å². The number of nitrogens with zero attached hydrogens (tertiary/aromatic N) is 2. The van der Waals surface area contributed by atoms with Gasteiger partial charge in [-0.15, -0.1) is 0 Å². The molecule has 2 heterocycles. The largest absolute Gasteiger partial charge is 0.351 e. The van der Waals surface area contributed by atoms with Gasteiger partial charge in [0.25, 0.3) is 0 Å². The van der Waals surface area contributed by atoms with Crippen LogP contribution in [-0.2, 0) is 16.1 Å². The van der Waals surface area contributed by atoms with Crippen LogP contribution >= 0.6 is 0 Å². The van der Waals surface area contributed by atoms with E-state index in [1.54, 1.807) is 16.9 Å². The normalized spacial score (nSPS) is 15.7. The van der Waals surface area contributed by atoms with Crippen LogP contribution in [0.2, 0.25) is 0 Å². The van der Waals surface area contributed by atoms with E-state index in [-0.39, 0.29) is 18.2 Å². The fourth-order valence-electron chi connectivity index (χ4n) is 3.17. The zero-order chi connectivity index (χ0) is 18.8. The number of carbonyl (C=O) groups is 2. The van der Waals surface area contributed by atoms with Crippen LogP contribution in [0.15, 0.2) is 60.9 Å². The van der Waals surface area contributed by atoms with Crippen LogP contribution in [0.3, 0.4) is 0 Å². The quantitative estimate of drug-likeness (QED) is 0.747. The van der Waals surface area contributed by atoms with Crippen LogP contribution in [0.1, 0.15) is 23.5 Å². The zero-order valence-electron chi connectivity index (χ0n) is 14.4. The molecule has 1 aromatic heterocycles. The molecule has 136 valence electrons. The summed E-state index contributed by atoms with van der Waals surface area (Å²) in [7, 11) is 0. The number of amides is 2. The van der Waals surface area contributed by atoms with Crippen LogP contribution in [0.5, 0.6) is 0 Å². The van der Waals surface area contributed by atoms with Crippen LogP contribution < -0.4 is 10.6 Å². The maximum atomic E-state index is 13.4. The SMILES string of the molecule is O=C1CC(C(=O)NCc2ccc(-n3cccn3)cc2)c2ccc(F)cc2N1. The lowest BCUT2D eigenvalue weighted by atomic mass is 9.89. The summed E-state index contributed by atoms with van der Waals surface area (Å²) < 4.78 is 15.1. The van der Waals surface area contributed by atoms with E-state index < -0.39 is 11.7 Å². The van der Waals surface area contributed by atoms with Crippen LogP contribution in [-0.4, -0.2) is 21.6 Å². The molecule has 7 heteroatoms. The number of fused-ring (bicyclic) bond motifs is 1. The van der Waals surface area contributed by atoms with Gasteiger partial charge >= 0.3 is 0 Å². The van der Waals surface area contributed by atoms with Gasteiger partial charge in [-0.3, -0.25) is 9.59 Å². The van der Waals surface area contributed by atoms with Crippen LogP contribution in [0.4, 0.5) is 10.1 Å². The Morgan fingerprint density at radius 3 is 2.81 bits per heavy atom. The molecule has 1 atom stereocenters. The van der Waals surface area contributed by atoms with Gasteiger partial charge in [0.15, 0.2) is 0 Å². The molecule has 27 heavy (non-hydrogen) atoms. The molecule has 0 saturated heterocycles. The molecule has 6 nitrogen and oxygen atoms in total. The Bertz CT molecular complexity index is 984. The van der Waals surface area contributed by atoms with Crippen molar-refractivity contribution in [2.24, 2.45) is 0 Å². The van der Waals surface area contributed by atoms with E-state index in [9.17, 15) is 14.0 Å². The van der Waals surface area contributed by atoms with Crippen LogP contribution in [0.25, 0.3) is 5.69 Å². The number of halogens is 1. The highest BCUT2D eigenvalue weighted by atomic mass is 19.1. The van der Waals surface area contributed by atoms with E-state index in [0.717, 1.165) is 11.3 Å². The van der Waals surface area contributed by atoms with Crippen molar-refractivity contribution in [2.75, 3.05) is 5.32 Å². The minimum atomic E-state index is -0.627. The molecule has 1 unspecified atom stereocenters. The average molecular weight is 364 g/mol. The summed E-state index contributed by atoms with van der Waals surface area (Å²) >= 11 is 0. The number of rotatable bonds is 4. The Morgan fingerprint density at radius 2 is 2.07 bits per heavy atom. The summed E-state index contributed by atoms with van der Waals surface area (Å²) in [5, 5.41) is 9.64. The number of benzene rings is 2. The Morgan fingerprint density at radius 1 is 1.26 bits per heavy atom. The number of carbonyl (C=O) groups excluding carboxylic acids is 2. The van der Waals surface area contributed by atoms with Crippen molar-refractivity contribution in [1.29, 1.82) is 0 Å². The first-order chi connectivity index (χ1) is 13.1. The molecule has 1 aliphatic rings. The predicted molar refractivity (Wildman–Crippen MR) is 97.8 cm³/mol. The number of anilines is 1. The van der Waals surface area contributed by atoms with Gasteiger partial charge in [0.05, 0.1) is 11.6 Å². The fourth-order valence-corrected chi connectivity index (χ4v) is 3.17. The van der Waals surface area contributed by atoms with Crippen molar-refractivity contribution in [1.82, 2.24) is 15.1 Å². The lowest BCUT2D eigenvalue weighted by Crippen LogP contribution is -2.34. The summed E-state index contributed by atoms with van der Waals surface area (Å²) in [6.45, 7) is 0.340. The molecule has 1 aliphatic heterocycles. The number of hydrogen-bond donors (Lipinski definition) is 2. The first kappa shape index (κ1) is 17.0. The summed E-state index contributed by atoms with van der Waals surface area (Å²) in [6.07, 6.45) is 3.60. The lowest BCUT2D eigenvalue weighted by Gasteiger charge is -2.25. The second-order valence-corrected chi connectivity index (χ2v) is 6.37. The Kier molecular flexibility index (Phi) is 4.42. The fraction of sp³-hybridized carbons (Fsp3) is 0.150. The van der Waals surface area contributed by atoms with Gasteiger partial charge in [-0.05, 0) is 41.5 Å². The smallest absolute Gasteiger partial charge is 0.228 e. The molecular formula is C20H17FN4O2. The maximum Gasteiger partial charge on any atom is 0.228 e. The summed E-state index contributed by atoms with van der Waals surface area (Å²) in [5.41, 5.74) is 2.84. The van der Waals surface area contributed by atoms with Gasteiger partial charge in [-0.2, -0.15) is 5.10 Å². The lowest BCUT2D eigenvalue weighted by molar-refractivity contribution is -0.126. The van der Waals surface area contributed by atoms with Gasteiger partial charge in [0, 0.05) is 31.0 Å². The molecule has 2 N–H and O–H groups in total. The van der Waals surface area contributed by atoms with Gasteiger partial charge < -0.3 is 10.6 Å². The number of hydrogen-bond acceptors (Lipinski definition) is 3. The highest BCUT2D eigenvalue weighted by Crippen LogP contribution is 2.32. The van der Waals surface area contributed by atoms with E-state index in [4.69, 9.17) is 0 Å². The Balaban J connectivity index is 1.45. The second kappa shape index (κ2) is 7.03. The van der Waals surface area contributed by atoms with E-state index in [1.165, 1.54) is 12.1 Å². The Labute approximate surface area is 155 Å². The molecule has 4 rings (SSSR count). The standard InChI is InChI=1S/C20H17FN4O2/c21-14-4-7-16-17(11-19(26)24-18(16)10-14)20(27)22-12-13-2-5-15(6-3-13)25-9-1-8-23-25/h1-10,17H,11-12H2,(H,22,27)(H,24,26). The van der Waals surface area contributed by atoms with Crippen LogP contribution in [0, 0.1) is 5.82 Å². The third kappa shape index (κ3) is 3.57. The highest BCUT2D eigenvalue weighted by Gasteiger charge is 2.30. The van der Waals surface area contributed by atoms with Crippen molar-refractivity contribution in [3.05, 3.63) is 77.9 Å². The van der Waals surface area contributed by atoms with Gasteiger partial charge in [-0.25, -0.2) is 9.07 Å². The highest BCUT2D eigenvalue weighted by molar-refractivity contribution is 6.01. The third-order valence-electron chi connectivity index (χ3n) is 4.54. The second-order valence-electron chi connectivity index (χ2n) is 6.37. The van der Waals surface area contributed by atoms with Crippen molar-refractivity contribution in [2.45, 2.75) is 18.9 Å². The minimum absolute atomic E-state index is 0.0443.